The first kappa shape index (κ1) is 17.8. The summed E-state index contributed by atoms with van der Waals surface area (Å²) in [6.07, 6.45) is 1.67. The summed E-state index contributed by atoms with van der Waals surface area (Å²) in [4.78, 5) is 0. The Bertz CT molecular complexity index is 891. The Labute approximate surface area is 156 Å². The van der Waals surface area contributed by atoms with Crippen LogP contribution >= 0.6 is 11.8 Å². The van der Waals surface area contributed by atoms with E-state index in [0.29, 0.717) is 11.1 Å². The van der Waals surface area contributed by atoms with Gasteiger partial charge in [0, 0.05) is 5.75 Å². The lowest BCUT2D eigenvalue weighted by Crippen LogP contribution is -2.13. The van der Waals surface area contributed by atoms with Gasteiger partial charge >= 0.3 is 0 Å². The van der Waals surface area contributed by atoms with E-state index in [1.165, 1.54) is 27.6 Å². The zero-order chi connectivity index (χ0) is 18.4. The van der Waals surface area contributed by atoms with E-state index in [0.717, 1.165) is 17.1 Å². The molecule has 2 aromatic carbocycles. The molecule has 3 rings (SSSR count). The highest BCUT2D eigenvalue weighted by molar-refractivity contribution is 7.98. The molecule has 7 nitrogen and oxygen atoms in total. The second kappa shape index (κ2) is 8.39. The van der Waals surface area contributed by atoms with Crippen LogP contribution in [0.5, 0.6) is 5.75 Å². The maximum atomic E-state index is 6.03. The fourth-order valence-electron chi connectivity index (χ4n) is 2.26. The fourth-order valence-corrected chi connectivity index (χ4v) is 3.06. The van der Waals surface area contributed by atoms with Crippen molar-refractivity contribution in [3.05, 3.63) is 65.2 Å². The lowest BCUT2D eigenvalue weighted by Gasteiger charge is -2.04. The molecule has 8 heteroatoms. The summed E-state index contributed by atoms with van der Waals surface area (Å²) < 4.78 is 6.52. The van der Waals surface area contributed by atoms with E-state index < -0.39 is 0 Å². The minimum atomic E-state index is 0.376. The number of nitrogen functional groups attached to an aromatic ring is 1. The van der Waals surface area contributed by atoms with Crippen molar-refractivity contribution in [3.8, 4) is 5.75 Å². The van der Waals surface area contributed by atoms with Crippen LogP contribution in [-0.2, 0) is 5.75 Å². The molecule has 0 amide bonds. The molecule has 0 aliphatic heterocycles. The number of benzene rings is 2. The van der Waals surface area contributed by atoms with Gasteiger partial charge in [-0.2, -0.15) is 5.10 Å². The van der Waals surface area contributed by atoms with Gasteiger partial charge in [0.25, 0.3) is 5.95 Å². The predicted octanol–water partition coefficient (Wildman–Crippen LogP) is 3.05. The summed E-state index contributed by atoms with van der Waals surface area (Å²) in [5, 5.41) is 12.9. The molecule has 1 heterocycles. The minimum Gasteiger partial charge on any atom is -0.497 e. The molecule has 0 fully saturated rings. The van der Waals surface area contributed by atoms with Crippen molar-refractivity contribution in [2.24, 2.45) is 5.10 Å². The number of aromatic nitrogens is 3. The highest BCUT2D eigenvalue weighted by Gasteiger charge is 2.09. The Morgan fingerprint density at radius 1 is 1.23 bits per heavy atom. The number of hydrazone groups is 1. The monoisotopic (exact) mass is 368 g/mol. The number of rotatable bonds is 7. The zero-order valence-electron chi connectivity index (χ0n) is 14.6. The average molecular weight is 368 g/mol. The molecule has 0 aliphatic carbocycles. The summed E-state index contributed by atoms with van der Waals surface area (Å²) in [7, 11) is 1.63. The van der Waals surface area contributed by atoms with Gasteiger partial charge in [0.1, 0.15) is 5.75 Å². The molecular formula is C18H20N6OS. The topological polar surface area (TPSA) is 90.3 Å². The number of nitrogens with two attached hydrogens (primary N) is 1. The number of hydrogen-bond donors (Lipinski definition) is 2. The first-order valence-corrected chi connectivity index (χ1v) is 8.96. The molecule has 134 valence electrons. The smallest absolute Gasteiger partial charge is 0.264 e. The highest BCUT2D eigenvalue weighted by atomic mass is 32.2. The standard InChI is InChI=1S/C18H20N6OS/c1-13-4-3-5-15(10-13)12-26-18-23-22-17(24(18)19)21-20-11-14-6-8-16(25-2)9-7-14/h3-11H,12,19H2,1-2H3,(H,21,22)/b20-11+. The summed E-state index contributed by atoms with van der Waals surface area (Å²) in [5.41, 5.74) is 6.18. The van der Waals surface area contributed by atoms with Gasteiger partial charge in [-0.05, 0) is 42.3 Å². The highest BCUT2D eigenvalue weighted by Crippen LogP contribution is 2.22. The number of nitrogens with one attached hydrogen (secondary N) is 1. The van der Waals surface area contributed by atoms with Gasteiger partial charge in [-0.25, -0.2) is 10.1 Å². The van der Waals surface area contributed by atoms with E-state index in [1.54, 1.807) is 13.3 Å². The molecule has 26 heavy (non-hydrogen) atoms. The van der Waals surface area contributed by atoms with E-state index in [-0.39, 0.29) is 0 Å². The number of ether oxygens (including phenoxy) is 1. The average Bonchev–Trinajstić information content (AvgIpc) is 3.01. The molecule has 0 atom stereocenters. The van der Waals surface area contributed by atoms with Gasteiger partial charge in [-0.1, -0.05) is 41.6 Å². The van der Waals surface area contributed by atoms with E-state index in [9.17, 15) is 0 Å². The third-order valence-electron chi connectivity index (χ3n) is 3.61. The fraction of sp³-hybridized carbons (Fsp3) is 0.167. The van der Waals surface area contributed by atoms with Crippen molar-refractivity contribution in [3.63, 3.8) is 0 Å². The van der Waals surface area contributed by atoms with Crippen LogP contribution in [0.15, 0.2) is 58.8 Å². The molecule has 3 aromatic rings. The molecule has 0 unspecified atom stereocenters. The van der Waals surface area contributed by atoms with Gasteiger partial charge in [-0.15, -0.1) is 10.2 Å². The van der Waals surface area contributed by atoms with E-state index >= 15 is 0 Å². The van der Waals surface area contributed by atoms with E-state index in [4.69, 9.17) is 10.6 Å². The molecule has 3 N–H and O–H groups in total. The van der Waals surface area contributed by atoms with Gasteiger partial charge in [0.15, 0.2) is 0 Å². The van der Waals surface area contributed by atoms with Gasteiger partial charge in [-0.3, -0.25) is 0 Å². The van der Waals surface area contributed by atoms with Crippen molar-refractivity contribution in [2.45, 2.75) is 17.8 Å². The first-order valence-electron chi connectivity index (χ1n) is 7.97. The molecule has 0 bridgehead atoms. The third kappa shape index (κ3) is 4.54. The maximum Gasteiger partial charge on any atom is 0.264 e. The zero-order valence-corrected chi connectivity index (χ0v) is 15.4. The Hall–Kier alpha value is -3.00. The van der Waals surface area contributed by atoms with Crippen LogP contribution in [0.3, 0.4) is 0 Å². The Kier molecular flexibility index (Phi) is 5.75. The van der Waals surface area contributed by atoms with Crippen LogP contribution in [0.4, 0.5) is 5.95 Å². The van der Waals surface area contributed by atoms with Crippen molar-refractivity contribution in [1.29, 1.82) is 0 Å². The minimum absolute atomic E-state index is 0.376. The van der Waals surface area contributed by atoms with Crippen LogP contribution in [0, 0.1) is 6.92 Å². The van der Waals surface area contributed by atoms with Crippen LogP contribution in [0.25, 0.3) is 0 Å². The molecule has 0 saturated carbocycles. The second-order valence-electron chi connectivity index (χ2n) is 5.60. The number of methoxy groups -OCH3 is 1. The van der Waals surface area contributed by atoms with Crippen molar-refractivity contribution < 1.29 is 4.74 Å². The normalized spacial score (nSPS) is 11.0. The SMILES string of the molecule is COc1ccc(/C=N/Nc2nnc(SCc3cccc(C)c3)n2N)cc1. The number of hydrogen-bond acceptors (Lipinski definition) is 7. The Balaban J connectivity index is 1.58. The number of nitrogens with zero attached hydrogens (tertiary/aromatic N) is 4. The Morgan fingerprint density at radius 2 is 2.04 bits per heavy atom. The molecular weight excluding hydrogens is 348 g/mol. The maximum absolute atomic E-state index is 6.03. The van der Waals surface area contributed by atoms with Gasteiger partial charge in [0.05, 0.1) is 13.3 Å². The number of anilines is 1. The largest absolute Gasteiger partial charge is 0.497 e. The van der Waals surface area contributed by atoms with Crippen LogP contribution < -0.4 is 16.0 Å². The van der Waals surface area contributed by atoms with Crippen molar-refractivity contribution >= 4 is 23.9 Å². The third-order valence-corrected chi connectivity index (χ3v) is 4.62. The quantitative estimate of drug-likeness (QED) is 0.288. The lowest BCUT2D eigenvalue weighted by molar-refractivity contribution is 0.415. The summed E-state index contributed by atoms with van der Waals surface area (Å²) in [6, 6.07) is 15.9. The molecule has 0 radical (unpaired) electrons. The first-order chi connectivity index (χ1) is 12.7. The molecule has 0 saturated heterocycles. The van der Waals surface area contributed by atoms with Crippen LogP contribution in [0.1, 0.15) is 16.7 Å². The van der Waals surface area contributed by atoms with Crippen molar-refractivity contribution in [2.75, 3.05) is 18.4 Å². The predicted molar refractivity (Wildman–Crippen MR) is 105 cm³/mol. The molecule has 1 aromatic heterocycles. The van der Waals surface area contributed by atoms with Crippen LogP contribution in [0.2, 0.25) is 0 Å². The van der Waals surface area contributed by atoms with E-state index in [2.05, 4.69) is 45.8 Å². The van der Waals surface area contributed by atoms with Crippen LogP contribution in [-0.4, -0.2) is 28.2 Å². The summed E-state index contributed by atoms with van der Waals surface area (Å²) >= 11 is 1.52. The molecule has 0 spiro atoms. The number of thioether (sulfide) groups is 1. The van der Waals surface area contributed by atoms with E-state index in [1.807, 2.05) is 30.3 Å². The summed E-state index contributed by atoms with van der Waals surface area (Å²) in [6.45, 7) is 2.07. The van der Waals surface area contributed by atoms with Gasteiger partial charge in [0.2, 0.25) is 5.16 Å². The van der Waals surface area contributed by atoms with Crippen molar-refractivity contribution in [1.82, 2.24) is 14.9 Å². The lowest BCUT2D eigenvalue weighted by atomic mass is 10.2. The number of aryl methyl sites for hydroxylation is 1. The van der Waals surface area contributed by atoms with Gasteiger partial charge < -0.3 is 10.6 Å². The Morgan fingerprint density at radius 3 is 2.77 bits per heavy atom. The summed E-state index contributed by atoms with van der Waals surface area (Å²) in [5.74, 6) is 7.98. The second-order valence-corrected chi connectivity index (χ2v) is 6.54. The molecule has 0 aliphatic rings.